The number of rotatable bonds is 8. The van der Waals surface area contributed by atoms with Crippen LogP contribution in [0.1, 0.15) is 39.7 Å². The fourth-order valence-corrected chi connectivity index (χ4v) is 2.54. The quantitative estimate of drug-likeness (QED) is 0.581. The number of nitro benzene ring substituents is 1. The molecule has 112 valence electrons. The molecule has 1 aromatic rings. The van der Waals surface area contributed by atoms with E-state index in [-0.39, 0.29) is 10.6 Å². The van der Waals surface area contributed by atoms with Gasteiger partial charge in [-0.05, 0) is 43.7 Å². The minimum atomic E-state index is -0.352. The van der Waals surface area contributed by atoms with Crippen LogP contribution in [0.25, 0.3) is 0 Å². The van der Waals surface area contributed by atoms with Gasteiger partial charge in [-0.25, -0.2) is 0 Å². The summed E-state index contributed by atoms with van der Waals surface area (Å²) in [4.78, 5) is 10.3. The zero-order valence-corrected chi connectivity index (χ0v) is 12.9. The molecule has 0 saturated heterocycles. The predicted molar refractivity (Wildman–Crippen MR) is 82.9 cm³/mol. The summed E-state index contributed by atoms with van der Waals surface area (Å²) in [5.74, 6) is 1.10. The van der Waals surface area contributed by atoms with Gasteiger partial charge in [-0.2, -0.15) is 0 Å². The van der Waals surface area contributed by atoms with E-state index in [1.807, 2.05) is 12.1 Å². The molecule has 1 N–H and O–H groups in total. The van der Waals surface area contributed by atoms with Crippen molar-refractivity contribution < 1.29 is 4.92 Å². The van der Waals surface area contributed by atoms with E-state index < -0.39 is 0 Å². The Morgan fingerprint density at radius 2 is 1.80 bits per heavy atom. The molecule has 1 aromatic carbocycles. The highest BCUT2D eigenvalue weighted by Crippen LogP contribution is 2.22. The second-order valence-electron chi connectivity index (χ2n) is 5.78. The standard InChI is InChI=1S/C16H26N2O2/c1-5-10-17-13(4)16(12(2)3)11-14-6-8-15(9-7-14)18(19)20/h6-9,12-13,16-17H,5,10-11H2,1-4H3. The van der Waals surface area contributed by atoms with E-state index >= 15 is 0 Å². The van der Waals surface area contributed by atoms with Crippen molar-refractivity contribution in [3.8, 4) is 0 Å². The number of hydrogen-bond acceptors (Lipinski definition) is 3. The van der Waals surface area contributed by atoms with Crippen LogP contribution in [0, 0.1) is 22.0 Å². The van der Waals surface area contributed by atoms with Crippen LogP contribution in [0.15, 0.2) is 24.3 Å². The van der Waals surface area contributed by atoms with Gasteiger partial charge < -0.3 is 5.32 Å². The molecule has 0 spiro atoms. The first-order valence-electron chi connectivity index (χ1n) is 7.42. The van der Waals surface area contributed by atoms with Gasteiger partial charge in [0.1, 0.15) is 0 Å². The molecule has 2 unspecified atom stereocenters. The molecule has 0 bridgehead atoms. The summed E-state index contributed by atoms with van der Waals surface area (Å²) in [5.41, 5.74) is 1.33. The maximum Gasteiger partial charge on any atom is 0.269 e. The van der Waals surface area contributed by atoms with Gasteiger partial charge in [0.15, 0.2) is 0 Å². The predicted octanol–water partition coefficient (Wildman–Crippen LogP) is 3.80. The largest absolute Gasteiger partial charge is 0.314 e. The van der Waals surface area contributed by atoms with Crippen LogP contribution in [0.5, 0.6) is 0 Å². The minimum Gasteiger partial charge on any atom is -0.314 e. The lowest BCUT2D eigenvalue weighted by molar-refractivity contribution is -0.384. The van der Waals surface area contributed by atoms with Gasteiger partial charge in [-0.15, -0.1) is 0 Å². The second-order valence-corrected chi connectivity index (χ2v) is 5.78. The molecule has 0 amide bonds. The molecule has 0 aliphatic heterocycles. The zero-order chi connectivity index (χ0) is 15.1. The normalized spacial score (nSPS) is 14.2. The molecule has 0 fully saturated rings. The van der Waals surface area contributed by atoms with Crippen LogP contribution in [0.2, 0.25) is 0 Å². The molecule has 0 radical (unpaired) electrons. The van der Waals surface area contributed by atoms with Crippen molar-refractivity contribution in [1.29, 1.82) is 0 Å². The van der Waals surface area contributed by atoms with E-state index in [2.05, 4.69) is 33.0 Å². The second kappa shape index (κ2) is 8.00. The first-order valence-corrected chi connectivity index (χ1v) is 7.42. The summed E-state index contributed by atoms with van der Waals surface area (Å²) in [6, 6.07) is 7.39. The van der Waals surface area contributed by atoms with Crippen LogP contribution in [-0.2, 0) is 6.42 Å². The smallest absolute Gasteiger partial charge is 0.269 e. The summed E-state index contributed by atoms with van der Waals surface area (Å²) in [6.07, 6.45) is 2.08. The number of nitrogens with one attached hydrogen (secondary N) is 1. The molecular formula is C16H26N2O2. The Morgan fingerprint density at radius 3 is 2.25 bits per heavy atom. The van der Waals surface area contributed by atoms with Crippen molar-refractivity contribution in [3.63, 3.8) is 0 Å². The third kappa shape index (κ3) is 4.93. The van der Waals surface area contributed by atoms with Crippen LogP contribution < -0.4 is 5.32 Å². The van der Waals surface area contributed by atoms with Gasteiger partial charge in [0, 0.05) is 18.2 Å². The molecule has 4 heteroatoms. The highest BCUT2D eigenvalue weighted by molar-refractivity contribution is 5.33. The molecule has 0 aliphatic rings. The van der Waals surface area contributed by atoms with E-state index in [0.717, 1.165) is 19.4 Å². The van der Waals surface area contributed by atoms with E-state index in [1.165, 1.54) is 5.56 Å². The Bertz CT molecular complexity index is 415. The van der Waals surface area contributed by atoms with Gasteiger partial charge in [0.2, 0.25) is 0 Å². The van der Waals surface area contributed by atoms with E-state index in [9.17, 15) is 10.1 Å². The molecule has 0 saturated carbocycles. The van der Waals surface area contributed by atoms with Crippen LogP contribution in [0.3, 0.4) is 0 Å². The first kappa shape index (κ1) is 16.6. The summed E-state index contributed by atoms with van der Waals surface area (Å²) in [6.45, 7) is 9.90. The zero-order valence-electron chi connectivity index (χ0n) is 12.9. The Kier molecular flexibility index (Phi) is 6.65. The molecule has 1 rings (SSSR count). The lowest BCUT2D eigenvalue weighted by Crippen LogP contribution is -2.37. The Balaban J connectivity index is 2.72. The SMILES string of the molecule is CCCNC(C)C(Cc1ccc([N+](=O)[O-])cc1)C(C)C. The molecule has 20 heavy (non-hydrogen) atoms. The molecule has 0 aromatic heterocycles. The number of benzene rings is 1. The van der Waals surface area contributed by atoms with E-state index in [0.29, 0.717) is 17.9 Å². The summed E-state index contributed by atoms with van der Waals surface area (Å²) >= 11 is 0. The van der Waals surface area contributed by atoms with Gasteiger partial charge in [-0.3, -0.25) is 10.1 Å². The summed E-state index contributed by atoms with van der Waals surface area (Å²) in [5, 5.41) is 14.2. The monoisotopic (exact) mass is 278 g/mol. The van der Waals surface area contributed by atoms with Gasteiger partial charge >= 0.3 is 0 Å². The summed E-state index contributed by atoms with van der Waals surface area (Å²) in [7, 11) is 0. The first-order chi connectivity index (χ1) is 9.45. The average Bonchev–Trinajstić information content (AvgIpc) is 2.42. The van der Waals surface area contributed by atoms with Gasteiger partial charge in [0.05, 0.1) is 4.92 Å². The van der Waals surface area contributed by atoms with E-state index in [4.69, 9.17) is 0 Å². The third-order valence-electron chi connectivity index (χ3n) is 3.83. The molecule has 2 atom stereocenters. The number of nitrogens with zero attached hydrogens (tertiary/aromatic N) is 1. The topological polar surface area (TPSA) is 55.2 Å². The fourth-order valence-electron chi connectivity index (χ4n) is 2.54. The van der Waals surface area contributed by atoms with Crippen LogP contribution in [-0.4, -0.2) is 17.5 Å². The molecule has 4 nitrogen and oxygen atoms in total. The maximum atomic E-state index is 10.7. The lowest BCUT2D eigenvalue weighted by atomic mass is 9.84. The third-order valence-corrected chi connectivity index (χ3v) is 3.83. The highest BCUT2D eigenvalue weighted by Gasteiger charge is 2.21. The number of nitro groups is 1. The Labute approximate surface area is 121 Å². The van der Waals surface area contributed by atoms with E-state index in [1.54, 1.807) is 12.1 Å². The molecular weight excluding hydrogens is 252 g/mol. The molecule has 0 aliphatic carbocycles. The van der Waals surface area contributed by atoms with Crippen molar-refractivity contribution in [2.24, 2.45) is 11.8 Å². The Morgan fingerprint density at radius 1 is 1.20 bits per heavy atom. The average molecular weight is 278 g/mol. The summed E-state index contributed by atoms with van der Waals surface area (Å²) < 4.78 is 0. The van der Waals surface area contributed by atoms with Gasteiger partial charge in [-0.1, -0.05) is 32.9 Å². The fraction of sp³-hybridized carbons (Fsp3) is 0.625. The number of non-ortho nitro benzene ring substituents is 1. The van der Waals surface area contributed by atoms with Crippen molar-refractivity contribution in [2.45, 2.75) is 46.6 Å². The van der Waals surface area contributed by atoms with Crippen LogP contribution >= 0.6 is 0 Å². The Hall–Kier alpha value is -1.42. The lowest BCUT2D eigenvalue weighted by Gasteiger charge is -2.28. The highest BCUT2D eigenvalue weighted by atomic mass is 16.6. The minimum absolute atomic E-state index is 0.159. The van der Waals surface area contributed by atoms with Crippen molar-refractivity contribution >= 4 is 5.69 Å². The number of hydrogen-bond donors (Lipinski definition) is 1. The van der Waals surface area contributed by atoms with Crippen molar-refractivity contribution in [1.82, 2.24) is 5.32 Å². The maximum absolute atomic E-state index is 10.7. The van der Waals surface area contributed by atoms with Gasteiger partial charge in [0.25, 0.3) is 5.69 Å². The van der Waals surface area contributed by atoms with Crippen LogP contribution in [0.4, 0.5) is 5.69 Å². The van der Waals surface area contributed by atoms with Crippen molar-refractivity contribution in [2.75, 3.05) is 6.54 Å². The van der Waals surface area contributed by atoms with Crippen molar-refractivity contribution in [3.05, 3.63) is 39.9 Å². The molecule has 0 heterocycles.